The standard InChI is InChI=1S/C12H13NO2/c1-3-5-6-7-10(4-2)13-11(14)8-9-12(13)15/h3-9H,1-2H3/b5-3-,7-6-,10-4+. The molecule has 0 aromatic heterocycles. The van der Waals surface area contributed by atoms with Gasteiger partial charge in [0.25, 0.3) is 11.8 Å². The normalized spacial score (nSPS) is 17.7. The third-order valence-electron chi connectivity index (χ3n) is 1.93. The van der Waals surface area contributed by atoms with E-state index in [1.807, 2.05) is 19.1 Å². The first-order chi connectivity index (χ1) is 7.20. The van der Waals surface area contributed by atoms with Crippen LogP contribution in [0.4, 0.5) is 0 Å². The lowest BCUT2D eigenvalue weighted by Gasteiger charge is -2.14. The molecule has 1 aliphatic rings. The Hall–Kier alpha value is -1.90. The topological polar surface area (TPSA) is 37.4 Å². The van der Waals surface area contributed by atoms with E-state index in [9.17, 15) is 9.59 Å². The number of hydrogen-bond acceptors (Lipinski definition) is 2. The number of allylic oxidation sites excluding steroid dienone is 5. The van der Waals surface area contributed by atoms with Crippen LogP contribution in [0.2, 0.25) is 0 Å². The summed E-state index contributed by atoms with van der Waals surface area (Å²) in [4.78, 5) is 23.8. The van der Waals surface area contributed by atoms with E-state index < -0.39 is 0 Å². The van der Waals surface area contributed by atoms with Crippen LogP contribution in [0, 0.1) is 0 Å². The molecule has 0 aromatic carbocycles. The molecule has 0 N–H and O–H groups in total. The summed E-state index contributed by atoms with van der Waals surface area (Å²) in [5.74, 6) is -0.587. The summed E-state index contributed by atoms with van der Waals surface area (Å²) in [5.41, 5.74) is 0.591. The van der Waals surface area contributed by atoms with Crippen molar-refractivity contribution in [3.8, 4) is 0 Å². The van der Waals surface area contributed by atoms with Gasteiger partial charge >= 0.3 is 0 Å². The third kappa shape index (κ3) is 2.53. The van der Waals surface area contributed by atoms with Crippen molar-refractivity contribution in [2.75, 3.05) is 0 Å². The first kappa shape index (κ1) is 11.2. The van der Waals surface area contributed by atoms with E-state index >= 15 is 0 Å². The molecule has 1 aliphatic heterocycles. The molecule has 0 aliphatic carbocycles. The fraction of sp³-hybridized carbons (Fsp3) is 0.167. The minimum atomic E-state index is -0.293. The van der Waals surface area contributed by atoms with Gasteiger partial charge in [-0.15, -0.1) is 0 Å². The van der Waals surface area contributed by atoms with Crippen molar-refractivity contribution in [1.29, 1.82) is 0 Å². The maximum atomic E-state index is 11.3. The molecular formula is C12H13NO2. The Balaban J connectivity index is 2.85. The minimum absolute atomic E-state index is 0.293. The Morgan fingerprint density at radius 1 is 1.13 bits per heavy atom. The maximum absolute atomic E-state index is 11.3. The average Bonchev–Trinajstić information content (AvgIpc) is 2.55. The van der Waals surface area contributed by atoms with Gasteiger partial charge in [0.2, 0.25) is 0 Å². The largest absolute Gasteiger partial charge is 0.269 e. The molecule has 1 heterocycles. The van der Waals surface area contributed by atoms with Gasteiger partial charge in [-0.1, -0.05) is 24.3 Å². The molecular weight excluding hydrogens is 190 g/mol. The van der Waals surface area contributed by atoms with E-state index in [4.69, 9.17) is 0 Å². The number of hydrogen-bond donors (Lipinski definition) is 0. The van der Waals surface area contributed by atoms with Gasteiger partial charge in [0.1, 0.15) is 0 Å². The summed E-state index contributed by atoms with van der Waals surface area (Å²) in [6, 6.07) is 0. The summed E-state index contributed by atoms with van der Waals surface area (Å²) < 4.78 is 0. The molecule has 1 rings (SSSR count). The Bertz CT molecular complexity index is 368. The maximum Gasteiger partial charge on any atom is 0.258 e. The molecule has 0 spiro atoms. The van der Waals surface area contributed by atoms with Crippen molar-refractivity contribution in [1.82, 2.24) is 4.90 Å². The number of nitrogens with zero attached hydrogens (tertiary/aromatic N) is 1. The van der Waals surface area contributed by atoms with Gasteiger partial charge in [-0.3, -0.25) is 9.59 Å². The molecule has 0 atom stereocenters. The highest BCUT2D eigenvalue weighted by Crippen LogP contribution is 2.13. The van der Waals surface area contributed by atoms with Crippen LogP contribution in [0.5, 0.6) is 0 Å². The van der Waals surface area contributed by atoms with E-state index in [2.05, 4.69) is 0 Å². The molecule has 0 saturated carbocycles. The van der Waals surface area contributed by atoms with Crippen LogP contribution >= 0.6 is 0 Å². The van der Waals surface area contributed by atoms with Crippen molar-refractivity contribution in [2.24, 2.45) is 0 Å². The zero-order valence-electron chi connectivity index (χ0n) is 8.81. The quantitative estimate of drug-likeness (QED) is 0.519. The van der Waals surface area contributed by atoms with Crippen LogP contribution in [0.15, 0.2) is 48.2 Å². The summed E-state index contributed by atoms with van der Waals surface area (Å²) in [5, 5.41) is 0. The molecule has 0 unspecified atom stereocenters. The molecule has 0 bridgehead atoms. The summed E-state index contributed by atoms with van der Waals surface area (Å²) in [7, 11) is 0. The number of imide groups is 1. The molecule has 3 nitrogen and oxygen atoms in total. The predicted octanol–water partition coefficient (Wildman–Crippen LogP) is 1.95. The Labute approximate surface area is 89.1 Å². The van der Waals surface area contributed by atoms with Gasteiger partial charge in [-0.2, -0.15) is 0 Å². The van der Waals surface area contributed by atoms with Crippen LogP contribution in [0.3, 0.4) is 0 Å². The smallest absolute Gasteiger partial charge is 0.258 e. The molecule has 0 aromatic rings. The Morgan fingerprint density at radius 2 is 1.73 bits per heavy atom. The number of amides is 2. The first-order valence-electron chi connectivity index (χ1n) is 4.72. The van der Waals surface area contributed by atoms with E-state index in [1.54, 1.807) is 25.2 Å². The zero-order valence-corrected chi connectivity index (χ0v) is 8.81. The van der Waals surface area contributed by atoms with E-state index in [-0.39, 0.29) is 11.8 Å². The van der Waals surface area contributed by atoms with Crippen molar-refractivity contribution in [3.05, 3.63) is 48.2 Å². The molecule has 0 fully saturated rings. The SMILES string of the molecule is C\C=C/C=C\C(=C/C)N1C(=O)C=CC1=O. The van der Waals surface area contributed by atoms with Gasteiger partial charge in [-0.05, 0) is 19.9 Å². The second-order valence-corrected chi connectivity index (χ2v) is 2.94. The number of carbonyl (C=O) groups is 2. The van der Waals surface area contributed by atoms with Gasteiger partial charge < -0.3 is 0 Å². The average molecular weight is 203 g/mol. The van der Waals surface area contributed by atoms with E-state index in [0.717, 1.165) is 4.90 Å². The van der Waals surface area contributed by atoms with Gasteiger partial charge in [-0.25, -0.2) is 4.90 Å². The monoisotopic (exact) mass is 203 g/mol. The van der Waals surface area contributed by atoms with Crippen molar-refractivity contribution in [3.63, 3.8) is 0 Å². The van der Waals surface area contributed by atoms with Crippen molar-refractivity contribution >= 4 is 11.8 Å². The fourth-order valence-corrected chi connectivity index (χ4v) is 1.22. The van der Waals surface area contributed by atoms with Crippen LogP contribution in [0.1, 0.15) is 13.8 Å². The van der Waals surface area contributed by atoms with Crippen LogP contribution in [-0.4, -0.2) is 16.7 Å². The highest BCUT2D eigenvalue weighted by Gasteiger charge is 2.24. The summed E-state index contributed by atoms with van der Waals surface area (Å²) in [6.45, 7) is 3.68. The second-order valence-electron chi connectivity index (χ2n) is 2.94. The summed E-state index contributed by atoms with van der Waals surface area (Å²) >= 11 is 0. The predicted molar refractivity (Wildman–Crippen MR) is 58.7 cm³/mol. The van der Waals surface area contributed by atoms with Gasteiger partial charge in [0.15, 0.2) is 0 Å². The fourth-order valence-electron chi connectivity index (χ4n) is 1.22. The molecule has 3 heteroatoms. The molecule has 0 radical (unpaired) electrons. The highest BCUT2D eigenvalue weighted by atomic mass is 16.2. The number of rotatable bonds is 3. The highest BCUT2D eigenvalue weighted by molar-refractivity contribution is 6.14. The first-order valence-corrected chi connectivity index (χ1v) is 4.72. The molecule has 0 saturated heterocycles. The van der Waals surface area contributed by atoms with E-state index in [1.165, 1.54) is 12.2 Å². The van der Waals surface area contributed by atoms with Gasteiger partial charge in [0.05, 0.1) is 0 Å². The van der Waals surface area contributed by atoms with Crippen LogP contribution in [-0.2, 0) is 9.59 Å². The lowest BCUT2D eigenvalue weighted by molar-refractivity contribution is -0.134. The van der Waals surface area contributed by atoms with Gasteiger partial charge in [0, 0.05) is 17.8 Å². The lowest BCUT2D eigenvalue weighted by Crippen LogP contribution is -2.28. The molecule has 2 amide bonds. The number of carbonyl (C=O) groups excluding carboxylic acids is 2. The zero-order chi connectivity index (χ0) is 11.3. The van der Waals surface area contributed by atoms with E-state index in [0.29, 0.717) is 5.70 Å². The van der Waals surface area contributed by atoms with Crippen LogP contribution < -0.4 is 0 Å². The third-order valence-corrected chi connectivity index (χ3v) is 1.93. The molecule has 78 valence electrons. The molecule has 15 heavy (non-hydrogen) atoms. The van der Waals surface area contributed by atoms with Crippen molar-refractivity contribution < 1.29 is 9.59 Å². The van der Waals surface area contributed by atoms with Crippen molar-refractivity contribution in [2.45, 2.75) is 13.8 Å². The van der Waals surface area contributed by atoms with Crippen LogP contribution in [0.25, 0.3) is 0 Å². The minimum Gasteiger partial charge on any atom is -0.269 e. The second kappa shape index (κ2) is 5.10. The lowest BCUT2D eigenvalue weighted by atomic mass is 10.3. The Morgan fingerprint density at radius 3 is 2.20 bits per heavy atom. The Kier molecular flexibility index (Phi) is 3.80. The summed E-state index contributed by atoms with van der Waals surface area (Å²) in [6.07, 6.45) is 11.5.